The van der Waals surface area contributed by atoms with Gasteiger partial charge in [0.1, 0.15) is 0 Å². The summed E-state index contributed by atoms with van der Waals surface area (Å²) in [4.78, 5) is 5.25. The Labute approximate surface area is 155 Å². The van der Waals surface area contributed by atoms with E-state index < -0.39 is 10.0 Å². The average molecular weight is 394 g/mol. The molecule has 0 amide bonds. The van der Waals surface area contributed by atoms with Crippen LogP contribution in [0.15, 0.2) is 59.6 Å². The van der Waals surface area contributed by atoms with Crippen molar-refractivity contribution in [3.05, 3.63) is 69.6 Å². The average Bonchev–Trinajstić information content (AvgIpc) is 3.00. The van der Waals surface area contributed by atoms with E-state index in [1.165, 1.54) is 11.3 Å². The monoisotopic (exact) mass is 393 g/mol. The number of aryl methyl sites for hydroxylation is 1. The normalized spacial score (nSPS) is 11.3. The van der Waals surface area contributed by atoms with Gasteiger partial charge in [0.25, 0.3) is 10.0 Å². The largest absolute Gasteiger partial charge is 0.380 e. The van der Waals surface area contributed by atoms with Crippen molar-refractivity contribution in [1.29, 1.82) is 0 Å². The molecule has 0 aliphatic heterocycles. The van der Waals surface area contributed by atoms with Crippen LogP contribution in [0.2, 0.25) is 4.47 Å². The highest BCUT2D eigenvalue weighted by molar-refractivity contribution is 7.92. The van der Waals surface area contributed by atoms with Crippen molar-refractivity contribution in [3.8, 4) is 0 Å². The van der Waals surface area contributed by atoms with Crippen LogP contribution in [-0.2, 0) is 16.6 Å². The number of halogens is 1. The number of hydrogen-bond acceptors (Lipinski definition) is 5. The lowest BCUT2D eigenvalue weighted by Gasteiger charge is -2.10. The molecule has 130 valence electrons. The zero-order valence-electron chi connectivity index (χ0n) is 13.4. The molecule has 1 heterocycles. The van der Waals surface area contributed by atoms with E-state index in [4.69, 9.17) is 11.6 Å². The first kappa shape index (κ1) is 17.7. The van der Waals surface area contributed by atoms with Gasteiger partial charge in [-0.25, -0.2) is 13.4 Å². The maximum atomic E-state index is 12.4. The van der Waals surface area contributed by atoms with E-state index in [1.54, 1.807) is 42.6 Å². The van der Waals surface area contributed by atoms with Crippen LogP contribution < -0.4 is 10.0 Å². The van der Waals surface area contributed by atoms with Crippen molar-refractivity contribution in [2.75, 3.05) is 10.0 Å². The minimum atomic E-state index is -3.59. The van der Waals surface area contributed by atoms with E-state index in [9.17, 15) is 8.42 Å². The SMILES string of the molecule is Cc1ccc(S(=O)(=O)Nc2ccc(NCc3cnc(Cl)s3)cc2)cc1. The van der Waals surface area contributed by atoms with Crippen LogP contribution in [-0.4, -0.2) is 13.4 Å². The number of anilines is 2. The third kappa shape index (κ3) is 4.72. The van der Waals surface area contributed by atoms with Gasteiger partial charge >= 0.3 is 0 Å². The molecule has 0 bridgehead atoms. The standard InChI is InChI=1S/C17H16ClN3O2S2/c1-12-2-8-16(9-3-12)25(22,23)21-14-6-4-13(5-7-14)19-10-15-11-20-17(18)24-15/h2-9,11,19,21H,10H2,1H3. The quantitative estimate of drug-likeness (QED) is 0.646. The van der Waals surface area contributed by atoms with E-state index in [2.05, 4.69) is 15.0 Å². The maximum Gasteiger partial charge on any atom is 0.261 e. The minimum absolute atomic E-state index is 0.238. The lowest BCUT2D eigenvalue weighted by Crippen LogP contribution is -2.12. The predicted molar refractivity (Wildman–Crippen MR) is 103 cm³/mol. The molecule has 0 saturated carbocycles. The molecule has 0 spiro atoms. The summed E-state index contributed by atoms with van der Waals surface area (Å²) < 4.78 is 27.8. The summed E-state index contributed by atoms with van der Waals surface area (Å²) >= 11 is 7.21. The molecule has 1 aromatic heterocycles. The number of rotatable bonds is 6. The van der Waals surface area contributed by atoms with Crippen molar-refractivity contribution >= 4 is 44.3 Å². The Morgan fingerprint density at radius 2 is 1.68 bits per heavy atom. The summed E-state index contributed by atoms with van der Waals surface area (Å²) in [5, 5.41) is 3.24. The second kappa shape index (κ2) is 7.43. The zero-order chi connectivity index (χ0) is 17.9. The van der Waals surface area contributed by atoms with Crippen LogP contribution in [0.1, 0.15) is 10.4 Å². The Morgan fingerprint density at radius 1 is 1.04 bits per heavy atom. The van der Waals surface area contributed by atoms with Gasteiger partial charge in [-0.15, -0.1) is 11.3 Å². The van der Waals surface area contributed by atoms with Gasteiger partial charge in [-0.05, 0) is 43.3 Å². The van der Waals surface area contributed by atoms with Crippen LogP contribution >= 0.6 is 22.9 Å². The van der Waals surface area contributed by atoms with E-state index >= 15 is 0 Å². The number of nitrogens with zero attached hydrogens (tertiary/aromatic N) is 1. The van der Waals surface area contributed by atoms with Crippen LogP contribution in [0.5, 0.6) is 0 Å². The maximum absolute atomic E-state index is 12.4. The summed E-state index contributed by atoms with van der Waals surface area (Å²) in [6.07, 6.45) is 1.73. The molecule has 0 fully saturated rings. The van der Waals surface area contributed by atoms with Crippen molar-refractivity contribution in [2.45, 2.75) is 18.4 Å². The molecule has 2 aromatic carbocycles. The fraction of sp³-hybridized carbons (Fsp3) is 0.118. The molecule has 25 heavy (non-hydrogen) atoms. The van der Waals surface area contributed by atoms with Gasteiger partial charge in [0.2, 0.25) is 0 Å². The molecule has 3 rings (SSSR count). The van der Waals surface area contributed by atoms with Crippen LogP contribution in [0.4, 0.5) is 11.4 Å². The summed E-state index contributed by atoms with van der Waals surface area (Å²) in [6, 6.07) is 13.8. The van der Waals surface area contributed by atoms with Crippen molar-refractivity contribution in [3.63, 3.8) is 0 Å². The van der Waals surface area contributed by atoms with Crippen molar-refractivity contribution < 1.29 is 8.42 Å². The molecule has 3 aromatic rings. The molecule has 2 N–H and O–H groups in total. The Hall–Kier alpha value is -2.09. The van der Waals surface area contributed by atoms with Gasteiger partial charge in [0.05, 0.1) is 11.4 Å². The Balaban J connectivity index is 1.64. The number of nitrogens with one attached hydrogen (secondary N) is 2. The van der Waals surface area contributed by atoms with Crippen LogP contribution in [0.25, 0.3) is 0 Å². The topological polar surface area (TPSA) is 71.1 Å². The second-order valence-corrected chi connectivity index (χ2v) is 8.81. The summed E-state index contributed by atoms with van der Waals surface area (Å²) in [5.74, 6) is 0. The van der Waals surface area contributed by atoms with E-state index in [1.807, 2.05) is 19.1 Å². The molecular weight excluding hydrogens is 378 g/mol. The number of thiazole rings is 1. The van der Waals surface area contributed by atoms with E-state index in [0.717, 1.165) is 16.1 Å². The molecule has 0 aliphatic carbocycles. The number of sulfonamides is 1. The second-order valence-electron chi connectivity index (χ2n) is 5.43. The van der Waals surface area contributed by atoms with Gasteiger partial charge in [-0.2, -0.15) is 0 Å². The molecule has 0 atom stereocenters. The number of benzene rings is 2. The Kier molecular flexibility index (Phi) is 5.27. The number of aromatic nitrogens is 1. The smallest absolute Gasteiger partial charge is 0.261 e. The van der Waals surface area contributed by atoms with E-state index in [-0.39, 0.29) is 4.90 Å². The number of hydrogen-bond donors (Lipinski definition) is 2. The third-order valence-corrected chi connectivity index (χ3v) is 5.97. The molecule has 5 nitrogen and oxygen atoms in total. The highest BCUT2D eigenvalue weighted by atomic mass is 35.5. The molecule has 0 unspecified atom stereocenters. The Bertz CT molecular complexity index is 952. The highest BCUT2D eigenvalue weighted by Gasteiger charge is 2.13. The lowest BCUT2D eigenvalue weighted by atomic mass is 10.2. The first-order chi connectivity index (χ1) is 11.9. The summed E-state index contributed by atoms with van der Waals surface area (Å²) in [5.41, 5.74) is 2.39. The van der Waals surface area contributed by atoms with Crippen LogP contribution in [0, 0.1) is 6.92 Å². The van der Waals surface area contributed by atoms with Crippen LogP contribution in [0.3, 0.4) is 0 Å². The van der Waals surface area contributed by atoms with Gasteiger partial charge < -0.3 is 5.32 Å². The van der Waals surface area contributed by atoms with Crippen molar-refractivity contribution in [1.82, 2.24) is 4.98 Å². The first-order valence-electron chi connectivity index (χ1n) is 7.46. The molecule has 8 heteroatoms. The van der Waals surface area contributed by atoms with E-state index in [0.29, 0.717) is 16.7 Å². The third-order valence-electron chi connectivity index (χ3n) is 3.46. The minimum Gasteiger partial charge on any atom is -0.380 e. The molecular formula is C17H16ClN3O2S2. The predicted octanol–water partition coefficient (Wildman–Crippen LogP) is 4.52. The lowest BCUT2D eigenvalue weighted by molar-refractivity contribution is 0.601. The molecule has 0 saturated heterocycles. The first-order valence-corrected chi connectivity index (χ1v) is 10.1. The fourth-order valence-electron chi connectivity index (χ4n) is 2.14. The zero-order valence-corrected chi connectivity index (χ0v) is 15.8. The summed E-state index contributed by atoms with van der Waals surface area (Å²) in [7, 11) is -3.59. The molecule has 0 aliphatic rings. The summed E-state index contributed by atoms with van der Waals surface area (Å²) in [6.45, 7) is 2.52. The highest BCUT2D eigenvalue weighted by Crippen LogP contribution is 2.21. The fourth-order valence-corrected chi connectivity index (χ4v) is 4.12. The van der Waals surface area contributed by atoms with Gasteiger partial charge in [0.15, 0.2) is 4.47 Å². The van der Waals surface area contributed by atoms with Crippen molar-refractivity contribution in [2.24, 2.45) is 0 Å². The van der Waals surface area contributed by atoms with Gasteiger partial charge in [-0.3, -0.25) is 4.72 Å². The van der Waals surface area contributed by atoms with Gasteiger partial charge in [-0.1, -0.05) is 29.3 Å². The van der Waals surface area contributed by atoms with Gasteiger partial charge in [0, 0.05) is 22.4 Å². The Morgan fingerprint density at radius 3 is 2.28 bits per heavy atom. The molecule has 0 radical (unpaired) electrons.